The molecule has 0 saturated carbocycles. The molecule has 0 aliphatic rings. The van der Waals surface area contributed by atoms with Crippen molar-refractivity contribution in [3.63, 3.8) is 0 Å². The van der Waals surface area contributed by atoms with Gasteiger partial charge in [0.25, 0.3) is 5.56 Å². The highest BCUT2D eigenvalue weighted by Gasteiger charge is 2.10. The van der Waals surface area contributed by atoms with Crippen molar-refractivity contribution in [3.05, 3.63) is 76.3 Å². The van der Waals surface area contributed by atoms with E-state index in [9.17, 15) is 4.79 Å². The molecule has 0 unspecified atom stereocenters. The van der Waals surface area contributed by atoms with Gasteiger partial charge in [0.2, 0.25) is 5.16 Å². The lowest BCUT2D eigenvalue weighted by atomic mass is 10.2. The number of hydrogen-bond acceptors (Lipinski definition) is 6. The lowest BCUT2D eigenvalue weighted by Gasteiger charge is -2.06. The van der Waals surface area contributed by atoms with Crippen molar-refractivity contribution in [2.75, 3.05) is 0 Å². The zero-order valence-corrected chi connectivity index (χ0v) is 14.2. The first kappa shape index (κ1) is 15.5. The van der Waals surface area contributed by atoms with E-state index in [1.807, 2.05) is 43.3 Å². The fourth-order valence-electron chi connectivity index (χ4n) is 2.51. The van der Waals surface area contributed by atoms with Gasteiger partial charge in [0.05, 0.1) is 11.4 Å². The molecule has 3 heterocycles. The molecule has 0 amide bonds. The number of tetrazole rings is 1. The number of nitrogens with zero attached hydrogens (tertiary/aromatic N) is 6. The van der Waals surface area contributed by atoms with Crippen molar-refractivity contribution in [1.29, 1.82) is 0 Å². The Morgan fingerprint density at radius 3 is 2.92 bits per heavy atom. The molecule has 0 aliphatic heterocycles. The van der Waals surface area contributed by atoms with Gasteiger partial charge in [0, 0.05) is 18.0 Å². The maximum absolute atomic E-state index is 12.2. The summed E-state index contributed by atoms with van der Waals surface area (Å²) in [4.78, 5) is 16.7. The second kappa shape index (κ2) is 6.48. The fourth-order valence-corrected chi connectivity index (χ4v) is 3.29. The van der Waals surface area contributed by atoms with E-state index in [1.54, 1.807) is 23.0 Å². The van der Waals surface area contributed by atoms with Gasteiger partial charge >= 0.3 is 0 Å². The van der Waals surface area contributed by atoms with Gasteiger partial charge in [-0.25, -0.2) is 4.98 Å². The molecular formula is C17H14N6OS. The Kier molecular flexibility index (Phi) is 4.02. The summed E-state index contributed by atoms with van der Waals surface area (Å²) in [7, 11) is 0. The number of pyridine rings is 1. The van der Waals surface area contributed by atoms with Crippen molar-refractivity contribution < 1.29 is 0 Å². The number of fused-ring (bicyclic) bond motifs is 1. The molecule has 4 rings (SSSR count). The Morgan fingerprint density at radius 2 is 2.04 bits per heavy atom. The third kappa shape index (κ3) is 3.16. The second-order valence-corrected chi connectivity index (χ2v) is 6.46. The summed E-state index contributed by atoms with van der Waals surface area (Å²) >= 11 is 1.44. The van der Waals surface area contributed by atoms with Gasteiger partial charge in [0.15, 0.2) is 0 Å². The molecule has 0 fully saturated rings. The monoisotopic (exact) mass is 350 g/mol. The third-order valence-electron chi connectivity index (χ3n) is 3.66. The maximum Gasteiger partial charge on any atom is 0.258 e. The molecule has 4 aromatic rings. The first-order valence-corrected chi connectivity index (χ1v) is 8.65. The van der Waals surface area contributed by atoms with Crippen LogP contribution in [-0.4, -0.2) is 29.6 Å². The Morgan fingerprint density at radius 1 is 1.12 bits per heavy atom. The summed E-state index contributed by atoms with van der Waals surface area (Å²) in [5.74, 6) is 0.507. The van der Waals surface area contributed by atoms with Crippen molar-refractivity contribution >= 4 is 17.4 Å². The van der Waals surface area contributed by atoms with Crippen LogP contribution in [0.3, 0.4) is 0 Å². The van der Waals surface area contributed by atoms with Crippen LogP contribution in [0.5, 0.6) is 0 Å². The number of benzene rings is 1. The average molecular weight is 350 g/mol. The van der Waals surface area contributed by atoms with Crippen molar-refractivity contribution in [1.82, 2.24) is 29.6 Å². The quantitative estimate of drug-likeness (QED) is 0.526. The Labute approximate surface area is 147 Å². The van der Waals surface area contributed by atoms with Crippen LogP contribution in [0.1, 0.15) is 11.3 Å². The molecule has 0 bridgehead atoms. The van der Waals surface area contributed by atoms with E-state index in [4.69, 9.17) is 0 Å². The van der Waals surface area contributed by atoms with Crippen LogP contribution in [0, 0.1) is 6.92 Å². The van der Waals surface area contributed by atoms with E-state index in [0.29, 0.717) is 22.3 Å². The molecule has 25 heavy (non-hydrogen) atoms. The van der Waals surface area contributed by atoms with Crippen molar-refractivity contribution in [2.45, 2.75) is 17.8 Å². The van der Waals surface area contributed by atoms with Crippen LogP contribution in [0.4, 0.5) is 0 Å². The van der Waals surface area contributed by atoms with Gasteiger partial charge in [-0.3, -0.25) is 9.20 Å². The normalized spacial score (nSPS) is 11.1. The minimum atomic E-state index is -0.0977. The highest BCUT2D eigenvalue weighted by Crippen LogP contribution is 2.21. The van der Waals surface area contributed by atoms with Crippen molar-refractivity contribution in [3.8, 4) is 5.69 Å². The lowest BCUT2D eigenvalue weighted by molar-refractivity contribution is 0.755. The molecular weight excluding hydrogens is 336 g/mol. The van der Waals surface area contributed by atoms with Gasteiger partial charge in [-0.2, -0.15) is 4.68 Å². The molecule has 0 aliphatic carbocycles. The summed E-state index contributed by atoms with van der Waals surface area (Å²) in [6.07, 6.45) is 1.71. The molecule has 124 valence electrons. The maximum atomic E-state index is 12.2. The minimum absolute atomic E-state index is 0.0977. The van der Waals surface area contributed by atoms with Crippen LogP contribution in [-0.2, 0) is 5.75 Å². The van der Waals surface area contributed by atoms with Gasteiger partial charge in [-0.1, -0.05) is 30.0 Å². The van der Waals surface area contributed by atoms with Crippen LogP contribution in [0.25, 0.3) is 11.3 Å². The molecule has 0 spiro atoms. The van der Waals surface area contributed by atoms with E-state index in [0.717, 1.165) is 11.3 Å². The molecule has 0 saturated heterocycles. The summed E-state index contributed by atoms with van der Waals surface area (Å²) in [6.45, 7) is 2.02. The Hall–Kier alpha value is -3.00. The van der Waals surface area contributed by atoms with E-state index in [2.05, 4.69) is 20.5 Å². The molecule has 1 aromatic carbocycles. The minimum Gasteiger partial charge on any atom is -0.269 e. The van der Waals surface area contributed by atoms with Crippen LogP contribution in [0.15, 0.2) is 64.7 Å². The second-order valence-electron chi connectivity index (χ2n) is 5.52. The van der Waals surface area contributed by atoms with Crippen molar-refractivity contribution in [2.24, 2.45) is 0 Å². The standard InChI is InChI=1S/C17H14N6OS/c1-12-5-4-6-14(9-12)23-17(19-20-21-23)25-11-13-10-16(24)22-8-3-2-7-15(22)18-13/h2-10H,11H2,1H3. The van der Waals surface area contributed by atoms with Gasteiger partial charge in [0.1, 0.15) is 5.65 Å². The number of hydrogen-bond donors (Lipinski definition) is 0. The Balaban J connectivity index is 1.61. The first-order valence-electron chi connectivity index (χ1n) is 7.66. The summed E-state index contributed by atoms with van der Waals surface area (Å²) in [5.41, 5.74) is 3.26. The van der Waals surface area contributed by atoms with Crippen LogP contribution >= 0.6 is 11.8 Å². The first-order chi connectivity index (χ1) is 12.2. The zero-order chi connectivity index (χ0) is 17.2. The average Bonchev–Trinajstić information content (AvgIpc) is 3.09. The molecule has 7 nitrogen and oxygen atoms in total. The Bertz CT molecular complexity index is 1100. The number of aromatic nitrogens is 6. The predicted molar refractivity (Wildman–Crippen MR) is 94.9 cm³/mol. The van der Waals surface area contributed by atoms with Crippen LogP contribution in [0.2, 0.25) is 0 Å². The van der Waals surface area contributed by atoms with E-state index < -0.39 is 0 Å². The van der Waals surface area contributed by atoms with Gasteiger partial charge in [-0.05, 0) is 47.2 Å². The third-order valence-corrected chi connectivity index (χ3v) is 4.61. The SMILES string of the molecule is Cc1cccc(-n2nnnc2SCc2cc(=O)n3ccccc3n2)c1. The molecule has 0 atom stereocenters. The van der Waals surface area contributed by atoms with Crippen LogP contribution < -0.4 is 5.56 Å². The van der Waals surface area contributed by atoms with E-state index in [1.165, 1.54) is 16.2 Å². The highest BCUT2D eigenvalue weighted by molar-refractivity contribution is 7.98. The molecule has 0 radical (unpaired) electrons. The van der Waals surface area contributed by atoms with Gasteiger partial charge < -0.3 is 0 Å². The largest absolute Gasteiger partial charge is 0.269 e. The number of thioether (sulfide) groups is 1. The van der Waals surface area contributed by atoms with E-state index >= 15 is 0 Å². The highest BCUT2D eigenvalue weighted by atomic mass is 32.2. The smallest absolute Gasteiger partial charge is 0.258 e. The topological polar surface area (TPSA) is 78.0 Å². The number of aryl methyl sites for hydroxylation is 1. The molecule has 8 heteroatoms. The molecule has 3 aromatic heterocycles. The summed E-state index contributed by atoms with van der Waals surface area (Å²) in [6, 6.07) is 15.0. The van der Waals surface area contributed by atoms with Gasteiger partial charge in [-0.15, -0.1) is 5.10 Å². The predicted octanol–water partition coefficient (Wildman–Crippen LogP) is 2.27. The van der Waals surface area contributed by atoms with E-state index in [-0.39, 0.29) is 5.56 Å². The zero-order valence-electron chi connectivity index (χ0n) is 13.4. The molecule has 0 N–H and O–H groups in total. The lowest BCUT2D eigenvalue weighted by Crippen LogP contribution is -2.14. The summed E-state index contributed by atoms with van der Waals surface area (Å²) in [5, 5.41) is 12.5. The number of rotatable bonds is 4. The summed E-state index contributed by atoms with van der Waals surface area (Å²) < 4.78 is 3.20. The fraction of sp³-hybridized carbons (Fsp3) is 0.118.